The second-order valence-corrected chi connectivity index (χ2v) is 6.31. The van der Waals surface area contributed by atoms with Gasteiger partial charge in [-0.05, 0) is 32.3 Å². The van der Waals surface area contributed by atoms with Gasteiger partial charge in [0.05, 0.1) is 16.4 Å². The molecular formula is C19H20N2O3. The van der Waals surface area contributed by atoms with Gasteiger partial charge in [-0.1, -0.05) is 12.1 Å². The summed E-state index contributed by atoms with van der Waals surface area (Å²) in [5.74, 6) is 1.36. The molecule has 0 saturated carbocycles. The molecule has 5 heteroatoms. The van der Waals surface area contributed by atoms with Gasteiger partial charge in [-0.25, -0.2) is 0 Å². The molecule has 4 rings (SSSR count). The summed E-state index contributed by atoms with van der Waals surface area (Å²) in [5, 5.41) is 1.41. The van der Waals surface area contributed by atoms with Gasteiger partial charge in [-0.2, -0.15) is 0 Å². The van der Waals surface area contributed by atoms with Crippen molar-refractivity contribution < 1.29 is 9.47 Å². The first-order valence-electron chi connectivity index (χ1n) is 8.15. The molecule has 0 bridgehead atoms. The van der Waals surface area contributed by atoms with Gasteiger partial charge < -0.3 is 18.9 Å². The lowest BCUT2D eigenvalue weighted by molar-refractivity contribution is 0.172. The molecule has 0 amide bonds. The Morgan fingerprint density at radius 3 is 2.46 bits per heavy atom. The maximum Gasteiger partial charge on any atom is 0.197 e. The van der Waals surface area contributed by atoms with Crippen LogP contribution in [0.4, 0.5) is 0 Å². The first kappa shape index (κ1) is 15.0. The van der Waals surface area contributed by atoms with Crippen LogP contribution in [0.15, 0.2) is 41.2 Å². The topological polar surface area (TPSA) is 43.7 Å². The van der Waals surface area contributed by atoms with Crippen molar-refractivity contribution in [3.63, 3.8) is 0 Å². The van der Waals surface area contributed by atoms with Crippen molar-refractivity contribution in [1.82, 2.24) is 9.47 Å². The van der Waals surface area contributed by atoms with Gasteiger partial charge in [0.25, 0.3) is 0 Å². The van der Waals surface area contributed by atoms with E-state index in [4.69, 9.17) is 9.47 Å². The van der Waals surface area contributed by atoms with Gasteiger partial charge in [-0.15, -0.1) is 0 Å². The fourth-order valence-electron chi connectivity index (χ4n) is 3.20. The monoisotopic (exact) mass is 324 g/mol. The fourth-order valence-corrected chi connectivity index (χ4v) is 3.20. The first-order chi connectivity index (χ1) is 11.6. The van der Waals surface area contributed by atoms with E-state index in [0.717, 1.165) is 29.5 Å². The van der Waals surface area contributed by atoms with Gasteiger partial charge in [0.1, 0.15) is 13.2 Å². The summed E-state index contributed by atoms with van der Waals surface area (Å²) in [6.45, 7) is 2.73. The second kappa shape index (κ2) is 5.83. The number of ether oxygens (including phenoxy) is 2. The lowest BCUT2D eigenvalue weighted by atomic mass is 10.1. The van der Waals surface area contributed by atoms with Gasteiger partial charge in [0.15, 0.2) is 16.9 Å². The average molecular weight is 324 g/mol. The summed E-state index contributed by atoms with van der Waals surface area (Å²) in [6, 6.07) is 11.5. The number of para-hydroxylation sites is 1. The van der Waals surface area contributed by atoms with Crippen LogP contribution in [0.5, 0.6) is 11.5 Å². The number of benzene rings is 2. The number of nitrogens with zero attached hydrogens (tertiary/aromatic N) is 2. The molecule has 1 aliphatic heterocycles. The maximum atomic E-state index is 12.9. The van der Waals surface area contributed by atoms with Crippen LogP contribution in [0.1, 0.15) is 0 Å². The summed E-state index contributed by atoms with van der Waals surface area (Å²) in [6.07, 6.45) is 0. The van der Waals surface area contributed by atoms with E-state index in [-0.39, 0.29) is 5.43 Å². The van der Waals surface area contributed by atoms with Crippen LogP contribution in [0.3, 0.4) is 0 Å². The number of hydrogen-bond acceptors (Lipinski definition) is 4. The smallest absolute Gasteiger partial charge is 0.197 e. The lowest BCUT2D eigenvalue weighted by Gasteiger charge is -2.22. The molecule has 0 aliphatic carbocycles. The Bertz CT molecular complexity index is 976. The standard InChI is InChI=1S/C19H20N2O3/c1-20(2)7-8-21-15-6-4-3-5-13(15)19(22)14-11-17-18(12-16(14)21)24-10-9-23-17/h3-6,11-12H,7-10H2,1-2H3. The van der Waals surface area contributed by atoms with Gasteiger partial charge in [-0.3, -0.25) is 4.79 Å². The van der Waals surface area contributed by atoms with Crippen LogP contribution in [0.25, 0.3) is 21.8 Å². The highest BCUT2D eigenvalue weighted by atomic mass is 16.6. The Labute approximate surface area is 140 Å². The maximum absolute atomic E-state index is 12.9. The van der Waals surface area contributed by atoms with Gasteiger partial charge in [0, 0.05) is 24.5 Å². The van der Waals surface area contributed by atoms with Crippen molar-refractivity contribution in [2.45, 2.75) is 6.54 Å². The molecule has 0 saturated heterocycles. The summed E-state index contributed by atoms with van der Waals surface area (Å²) in [5.41, 5.74) is 1.89. The quantitative estimate of drug-likeness (QED) is 0.694. The molecule has 124 valence electrons. The van der Waals surface area contributed by atoms with E-state index >= 15 is 0 Å². The zero-order valence-electron chi connectivity index (χ0n) is 13.9. The van der Waals surface area contributed by atoms with Crippen molar-refractivity contribution >= 4 is 21.8 Å². The molecule has 0 fully saturated rings. The molecule has 3 aromatic rings. The molecule has 1 aliphatic rings. The fraction of sp³-hybridized carbons (Fsp3) is 0.316. The van der Waals surface area contributed by atoms with Gasteiger partial charge >= 0.3 is 0 Å². The minimum atomic E-state index is 0.0404. The molecule has 5 nitrogen and oxygen atoms in total. The molecule has 0 atom stereocenters. The third-order valence-electron chi connectivity index (χ3n) is 4.41. The molecule has 2 aromatic carbocycles. The molecule has 2 heterocycles. The zero-order valence-corrected chi connectivity index (χ0v) is 13.9. The molecule has 0 N–H and O–H groups in total. The lowest BCUT2D eigenvalue weighted by Crippen LogP contribution is -2.21. The molecule has 1 aromatic heterocycles. The summed E-state index contributed by atoms with van der Waals surface area (Å²) >= 11 is 0. The van der Waals surface area contributed by atoms with E-state index in [2.05, 4.69) is 9.47 Å². The Morgan fingerprint density at radius 2 is 1.71 bits per heavy atom. The highest BCUT2D eigenvalue weighted by Gasteiger charge is 2.17. The zero-order chi connectivity index (χ0) is 16.7. The number of likely N-dealkylation sites (N-methyl/N-ethyl adjacent to an activating group) is 1. The largest absolute Gasteiger partial charge is 0.486 e. The number of aromatic nitrogens is 1. The normalized spacial score (nSPS) is 13.8. The van der Waals surface area contributed by atoms with Crippen LogP contribution in [-0.4, -0.2) is 43.3 Å². The summed E-state index contributed by atoms with van der Waals surface area (Å²) in [7, 11) is 4.09. The molecule has 0 unspecified atom stereocenters. The number of pyridine rings is 1. The SMILES string of the molecule is CN(C)CCn1c2ccccc2c(=O)c2cc3c(cc21)OCCO3. The highest BCUT2D eigenvalue weighted by Crippen LogP contribution is 2.34. The third kappa shape index (κ3) is 2.41. The third-order valence-corrected chi connectivity index (χ3v) is 4.41. The van der Waals surface area contributed by atoms with Crippen molar-refractivity contribution in [2.24, 2.45) is 0 Å². The van der Waals surface area contributed by atoms with Gasteiger partial charge in [0.2, 0.25) is 0 Å². The van der Waals surface area contributed by atoms with Crippen LogP contribution < -0.4 is 14.9 Å². The minimum absolute atomic E-state index is 0.0404. The predicted molar refractivity (Wildman–Crippen MR) is 95.3 cm³/mol. The molecule has 24 heavy (non-hydrogen) atoms. The number of rotatable bonds is 3. The van der Waals surface area contributed by atoms with Crippen molar-refractivity contribution in [1.29, 1.82) is 0 Å². The van der Waals surface area contributed by atoms with Crippen molar-refractivity contribution in [3.8, 4) is 11.5 Å². The van der Waals surface area contributed by atoms with Crippen LogP contribution >= 0.6 is 0 Å². The second-order valence-electron chi connectivity index (χ2n) is 6.31. The molecular weight excluding hydrogens is 304 g/mol. The Hall–Kier alpha value is -2.53. The number of hydrogen-bond donors (Lipinski definition) is 0. The molecule has 0 radical (unpaired) electrons. The van der Waals surface area contributed by atoms with E-state index in [0.29, 0.717) is 30.1 Å². The van der Waals surface area contributed by atoms with E-state index in [1.807, 2.05) is 50.5 Å². The number of fused-ring (bicyclic) bond motifs is 3. The van der Waals surface area contributed by atoms with E-state index in [1.54, 1.807) is 0 Å². The van der Waals surface area contributed by atoms with Crippen LogP contribution in [0.2, 0.25) is 0 Å². The van der Waals surface area contributed by atoms with Crippen molar-refractivity contribution in [3.05, 3.63) is 46.6 Å². The predicted octanol–water partition coefficient (Wildman–Crippen LogP) is 2.49. The van der Waals surface area contributed by atoms with Crippen molar-refractivity contribution in [2.75, 3.05) is 33.9 Å². The van der Waals surface area contributed by atoms with E-state index in [1.165, 1.54) is 0 Å². The molecule has 0 spiro atoms. The Balaban J connectivity index is 2.06. The Morgan fingerprint density at radius 1 is 1.00 bits per heavy atom. The average Bonchev–Trinajstić information content (AvgIpc) is 2.60. The van der Waals surface area contributed by atoms with Crippen LogP contribution in [-0.2, 0) is 6.54 Å². The van der Waals surface area contributed by atoms with Crippen LogP contribution in [0, 0.1) is 0 Å². The summed E-state index contributed by atoms with van der Waals surface area (Å²) in [4.78, 5) is 15.1. The minimum Gasteiger partial charge on any atom is -0.486 e. The first-order valence-corrected chi connectivity index (χ1v) is 8.15. The van der Waals surface area contributed by atoms with E-state index in [9.17, 15) is 4.79 Å². The van der Waals surface area contributed by atoms with E-state index < -0.39 is 0 Å². The highest BCUT2D eigenvalue weighted by molar-refractivity contribution is 5.95. The Kier molecular flexibility index (Phi) is 3.65. The summed E-state index contributed by atoms with van der Waals surface area (Å²) < 4.78 is 13.6.